The van der Waals surface area contributed by atoms with E-state index in [1.165, 1.54) is 0 Å². The van der Waals surface area contributed by atoms with Crippen LogP contribution in [0.2, 0.25) is 0 Å². The van der Waals surface area contributed by atoms with Gasteiger partial charge in [-0.1, -0.05) is 0 Å². The molecule has 12 heavy (non-hydrogen) atoms. The molecule has 0 aromatic heterocycles. The van der Waals surface area contributed by atoms with Crippen LogP contribution in [0.15, 0.2) is 25.6 Å². The second kappa shape index (κ2) is 5.39. The van der Waals surface area contributed by atoms with Gasteiger partial charge in [0, 0.05) is 0 Å². The van der Waals surface area contributed by atoms with Crippen molar-refractivity contribution in [1.82, 2.24) is 0 Å². The number of nitrogens with zero attached hydrogens (tertiary/aromatic N) is 1. The van der Waals surface area contributed by atoms with Gasteiger partial charge in [0.1, 0.15) is 0 Å². The lowest BCUT2D eigenvalue weighted by Gasteiger charge is -2.38. The van der Waals surface area contributed by atoms with E-state index in [9.17, 15) is 0 Å². The van der Waals surface area contributed by atoms with Gasteiger partial charge in [-0.2, -0.15) is 0 Å². The van der Waals surface area contributed by atoms with Crippen molar-refractivity contribution in [3.8, 4) is 0 Å². The number of hydrogen-bond donors (Lipinski definition) is 0. The average molecular weight is 190 g/mol. The summed E-state index contributed by atoms with van der Waals surface area (Å²) in [6.07, 6.45) is 3.92. The zero-order valence-electron chi connectivity index (χ0n) is 8.55. The Kier molecular flexibility index (Phi) is 6.41. The predicted octanol–water partition coefficient (Wildman–Crippen LogP) is -0.0890. The standard InChI is InChI=1S/C10H20N.ClH/c1-7-11(8-2,9(3)4)10(5)6;/h7-10H,1-2H2,3-6H3;1H/q+1;/p-1. The number of quaternary nitrogens is 1. The zero-order valence-corrected chi connectivity index (χ0v) is 9.30. The topological polar surface area (TPSA) is 0 Å². The SMILES string of the molecule is C=C[N+](C=C)(C(C)C)C(C)C.[Cl-]. The Morgan fingerprint density at radius 3 is 1.17 bits per heavy atom. The first kappa shape index (κ1) is 14.3. The molecule has 0 aromatic carbocycles. The summed E-state index contributed by atoms with van der Waals surface area (Å²) in [7, 11) is 0. The molecular formula is C10H20ClN. The van der Waals surface area contributed by atoms with Gasteiger partial charge in [0.2, 0.25) is 0 Å². The minimum Gasteiger partial charge on any atom is -1.00 e. The molecule has 0 atom stereocenters. The van der Waals surface area contributed by atoms with E-state index in [4.69, 9.17) is 0 Å². The van der Waals surface area contributed by atoms with Crippen molar-refractivity contribution >= 4 is 0 Å². The Morgan fingerprint density at radius 2 is 1.17 bits per heavy atom. The molecule has 0 fully saturated rings. The Bertz CT molecular complexity index is 132. The van der Waals surface area contributed by atoms with Crippen molar-refractivity contribution in [3.63, 3.8) is 0 Å². The van der Waals surface area contributed by atoms with Crippen molar-refractivity contribution in [2.24, 2.45) is 0 Å². The molecule has 0 aliphatic heterocycles. The van der Waals surface area contributed by atoms with Crippen LogP contribution in [-0.2, 0) is 0 Å². The lowest BCUT2D eigenvalue weighted by molar-refractivity contribution is -0.871. The van der Waals surface area contributed by atoms with Gasteiger partial charge in [0.15, 0.2) is 0 Å². The van der Waals surface area contributed by atoms with Crippen LogP contribution in [0.3, 0.4) is 0 Å². The molecule has 0 spiro atoms. The predicted molar refractivity (Wildman–Crippen MR) is 50.9 cm³/mol. The summed E-state index contributed by atoms with van der Waals surface area (Å²) in [6.45, 7) is 16.4. The van der Waals surface area contributed by atoms with Gasteiger partial charge in [-0.05, 0) is 40.9 Å². The molecule has 1 nitrogen and oxygen atoms in total. The Labute approximate surface area is 82.8 Å². The zero-order chi connectivity index (χ0) is 9.07. The molecule has 0 saturated carbocycles. The van der Waals surface area contributed by atoms with Crippen molar-refractivity contribution in [1.29, 1.82) is 0 Å². The van der Waals surface area contributed by atoms with Gasteiger partial charge in [-0.3, -0.25) is 4.48 Å². The normalized spacial score (nSPS) is 11.2. The van der Waals surface area contributed by atoms with E-state index in [-0.39, 0.29) is 12.4 Å². The van der Waals surface area contributed by atoms with Crippen LogP contribution < -0.4 is 12.4 Å². The second-order valence-corrected chi connectivity index (χ2v) is 3.45. The van der Waals surface area contributed by atoms with Crippen LogP contribution in [0, 0.1) is 0 Å². The molecule has 0 radical (unpaired) electrons. The summed E-state index contributed by atoms with van der Waals surface area (Å²) >= 11 is 0. The summed E-state index contributed by atoms with van der Waals surface area (Å²) in [5.41, 5.74) is 0. The second-order valence-electron chi connectivity index (χ2n) is 3.45. The highest BCUT2D eigenvalue weighted by molar-refractivity contribution is 4.71. The lowest BCUT2D eigenvalue weighted by Crippen LogP contribution is -3.00. The van der Waals surface area contributed by atoms with Crippen molar-refractivity contribution in [2.45, 2.75) is 39.8 Å². The van der Waals surface area contributed by atoms with Crippen molar-refractivity contribution in [3.05, 3.63) is 25.6 Å². The maximum absolute atomic E-state index is 3.85. The Balaban J connectivity index is 0. The van der Waals surface area contributed by atoms with Crippen LogP contribution in [0.25, 0.3) is 0 Å². The lowest BCUT2D eigenvalue weighted by atomic mass is 10.2. The Hall–Kier alpha value is -0.270. The third-order valence-electron chi connectivity index (χ3n) is 2.42. The maximum Gasteiger partial charge on any atom is 0.0935 e. The van der Waals surface area contributed by atoms with Gasteiger partial charge < -0.3 is 12.4 Å². The molecule has 0 aliphatic rings. The summed E-state index contributed by atoms with van der Waals surface area (Å²) < 4.78 is 0.778. The summed E-state index contributed by atoms with van der Waals surface area (Å²) in [4.78, 5) is 0. The van der Waals surface area contributed by atoms with Crippen LogP contribution in [0.4, 0.5) is 0 Å². The summed E-state index contributed by atoms with van der Waals surface area (Å²) in [5, 5.41) is 0. The molecular weight excluding hydrogens is 170 g/mol. The third kappa shape index (κ3) is 2.36. The first-order chi connectivity index (χ1) is 5.01. The molecule has 0 rings (SSSR count). The van der Waals surface area contributed by atoms with E-state index in [0.29, 0.717) is 12.1 Å². The van der Waals surface area contributed by atoms with Crippen LogP contribution in [0.1, 0.15) is 27.7 Å². The highest BCUT2D eigenvalue weighted by Crippen LogP contribution is 2.20. The fourth-order valence-corrected chi connectivity index (χ4v) is 1.51. The molecule has 0 amide bonds. The summed E-state index contributed by atoms with van der Waals surface area (Å²) in [6, 6.07) is 1.04. The average Bonchev–Trinajstić information content (AvgIpc) is 1.90. The minimum atomic E-state index is 0. The molecule has 0 bridgehead atoms. The molecule has 0 heterocycles. The first-order valence-electron chi connectivity index (χ1n) is 4.16. The van der Waals surface area contributed by atoms with Gasteiger partial charge in [0.25, 0.3) is 0 Å². The highest BCUT2D eigenvalue weighted by atomic mass is 35.5. The number of rotatable bonds is 4. The van der Waals surface area contributed by atoms with Gasteiger partial charge >= 0.3 is 0 Å². The van der Waals surface area contributed by atoms with E-state index >= 15 is 0 Å². The van der Waals surface area contributed by atoms with E-state index in [2.05, 4.69) is 40.9 Å². The molecule has 0 aromatic rings. The van der Waals surface area contributed by atoms with E-state index < -0.39 is 0 Å². The van der Waals surface area contributed by atoms with Crippen LogP contribution in [-0.4, -0.2) is 16.6 Å². The van der Waals surface area contributed by atoms with E-state index in [1.54, 1.807) is 0 Å². The molecule has 0 saturated heterocycles. The van der Waals surface area contributed by atoms with Crippen molar-refractivity contribution in [2.75, 3.05) is 0 Å². The Morgan fingerprint density at radius 1 is 0.917 bits per heavy atom. The first-order valence-corrected chi connectivity index (χ1v) is 4.16. The van der Waals surface area contributed by atoms with Crippen LogP contribution in [0.5, 0.6) is 0 Å². The maximum atomic E-state index is 3.85. The molecule has 2 heteroatoms. The van der Waals surface area contributed by atoms with E-state index in [1.807, 2.05) is 12.4 Å². The van der Waals surface area contributed by atoms with E-state index in [0.717, 1.165) is 4.48 Å². The molecule has 0 aliphatic carbocycles. The van der Waals surface area contributed by atoms with Gasteiger partial charge in [-0.15, -0.1) is 0 Å². The quantitative estimate of drug-likeness (QED) is 0.543. The van der Waals surface area contributed by atoms with Gasteiger partial charge in [-0.25, -0.2) is 0 Å². The third-order valence-corrected chi connectivity index (χ3v) is 2.42. The van der Waals surface area contributed by atoms with Crippen molar-refractivity contribution < 1.29 is 16.9 Å². The highest BCUT2D eigenvalue weighted by Gasteiger charge is 2.28. The molecule has 72 valence electrons. The molecule has 0 unspecified atom stereocenters. The largest absolute Gasteiger partial charge is 1.00 e. The number of halogens is 1. The summed E-state index contributed by atoms with van der Waals surface area (Å²) in [5.74, 6) is 0. The monoisotopic (exact) mass is 189 g/mol. The van der Waals surface area contributed by atoms with Gasteiger partial charge in [0.05, 0.1) is 24.5 Å². The van der Waals surface area contributed by atoms with Crippen LogP contribution >= 0.6 is 0 Å². The minimum absolute atomic E-state index is 0. The fourth-order valence-electron chi connectivity index (χ4n) is 1.51. The smallest absolute Gasteiger partial charge is 0.0935 e. The molecule has 0 N–H and O–H groups in total. The fraction of sp³-hybridized carbons (Fsp3) is 0.600. The number of hydrogen-bond acceptors (Lipinski definition) is 0.